The molecule has 0 radical (unpaired) electrons. The third-order valence-corrected chi connectivity index (χ3v) is 8.90. The van der Waals surface area contributed by atoms with Crippen LogP contribution in [0.4, 0.5) is 4.39 Å². The zero-order valence-electron chi connectivity index (χ0n) is 17.0. The van der Waals surface area contributed by atoms with E-state index in [1.807, 2.05) is 31.4 Å². The van der Waals surface area contributed by atoms with Gasteiger partial charge in [0.05, 0.1) is 0 Å². The molecule has 0 aliphatic heterocycles. The van der Waals surface area contributed by atoms with Crippen molar-refractivity contribution in [2.45, 2.75) is 26.2 Å². The van der Waals surface area contributed by atoms with Crippen molar-refractivity contribution in [2.75, 3.05) is 0 Å². The van der Waals surface area contributed by atoms with Crippen LogP contribution >= 0.6 is 0 Å². The summed E-state index contributed by atoms with van der Waals surface area (Å²) in [6.45, 7) is 2.10. The van der Waals surface area contributed by atoms with Crippen molar-refractivity contribution in [3.05, 3.63) is 76.1 Å². The topological polar surface area (TPSA) is 17.0 Å². The number of fused-ring (bicyclic) bond motifs is 4. The number of halogens is 1. The van der Waals surface area contributed by atoms with Crippen molar-refractivity contribution >= 4 is 36.4 Å². The fourth-order valence-electron chi connectivity index (χ4n) is 4.76. The Labute approximate surface area is 180 Å². The number of furan rings is 1. The maximum absolute atomic E-state index is 15.1. The molecule has 0 amide bonds. The van der Waals surface area contributed by atoms with E-state index in [9.17, 15) is 0 Å². The van der Waals surface area contributed by atoms with Gasteiger partial charge in [-0.15, -0.1) is 0 Å². The molecule has 0 spiro atoms. The van der Waals surface area contributed by atoms with Crippen molar-refractivity contribution in [1.29, 1.82) is 0 Å². The van der Waals surface area contributed by atoms with Crippen molar-refractivity contribution in [1.82, 2.24) is 0 Å². The third kappa shape index (κ3) is 2.57. The molecule has 4 heteroatoms. The van der Waals surface area contributed by atoms with Gasteiger partial charge in [-0.2, -0.15) is 0 Å². The molecule has 1 aliphatic carbocycles. The maximum atomic E-state index is 15.1. The first-order valence-electron chi connectivity index (χ1n) is 10.3. The van der Waals surface area contributed by atoms with Gasteiger partial charge < -0.3 is 0 Å². The summed E-state index contributed by atoms with van der Waals surface area (Å²) < 4.78 is 26.4. The summed E-state index contributed by atoms with van der Waals surface area (Å²) in [5.41, 5.74) is 6.94. The Morgan fingerprint density at radius 3 is 2.57 bits per heavy atom. The van der Waals surface area contributed by atoms with E-state index in [0.717, 1.165) is 44.0 Å². The summed E-state index contributed by atoms with van der Waals surface area (Å²) in [7, 11) is 2.04. The van der Waals surface area contributed by atoms with Crippen molar-refractivity contribution < 1.29 is 13.4 Å². The number of hydrogen-bond acceptors (Lipinski definition) is 1. The van der Waals surface area contributed by atoms with Crippen LogP contribution < -0.4 is 4.57 Å². The molecule has 0 fully saturated rings. The second-order valence-electron chi connectivity index (χ2n) is 8.14. The van der Waals surface area contributed by atoms with Gasteiger partial charge in [0, 0.05) is 0 Å². The van der Waals surface area contributed by atoms with Crippen LogP contribution in [-0.4, -0.2) is 14.5 Å². The summed E-state index contributed by atoms with van der Waals surface area (Å²) >= 11 is 0.199. The van der Waals surface area contributed by atoms with Gasteiger partial charge >= 0.3 is 180 Å². The van der Waals surface area contributed by atoms with Crippen LogP contribution in [0.15, 0.2) is 59.1 Å². The second kappa shape index (κ2) is 6.66. The summed E-state index contributed by atoms with van der Waals surface area (Å²) in [5, 5.41) is 2.03. The Kier molecular flexibility index (Phi) is 4.02. The summed E-state index contributed by atoms with van der Waals surface area (Å²) in [6, 6.07) is 16.1. The molecule has 3 aromatic heterocycles. The van der Waals surface area contributed by atoms with Gasteiger partial charge in [-0.05, 0) is 0 Å². The monoisotopic (exact) mass is 462 g/mol. The van der Waals surface area contributed by atoms with E-state index in [1.165, 1.54) is 22.8 Å². The van der Waals surface area contributed by atoms with E-state index in [0.29, 0.717) is 11.1 Å². The third-order valence-electron chi connectivity index (χ3n) is 6.27. The minimum absolute atomic E-state index is 0.181. The van der Waals surface area contributed by atoms with Crippen molar-refractivity contribution in [2.24, 2.45) is 7.05 Å². The molecule has 0 saturated heterocycles. The number of benzene rings is 2. The molecule has 30 heavy (non-hydrogen) atoms. The van der Waals surface area contributed by atoms with Gasteiger partial charge in [0.15, 0.2) is 0 Å². The Balaban J connectivity index is 1.69. The van der Waals surface area contributed by atoms with E-state index in [1.54, 1.807) is 6.07 Å². The van der Waals surface area contributed by atoms with Crippen molar-refractivity contribution in [3.63, 3.8) is 0 Å². The minimum atomic E-state index is -0.181. The molecule has 0 bridgehead atoms. The zero-order chi connectivity index (χ0) is 20.4. The van der Waals surface area contributed by atoms with Crippen LogP contribution in [0.1, 0.15) is 22.0 Å². The summed E-state index contributed by atoms with van der Waals surface area (Å²) in [5.74, 6) is -0.181. The van der Waals surface area contributed by atoms with Crippen LogP contribution in [0.5, 0.6) is 0 Å². The number of hydrogen-bond donors (Lipinski definition) is 0. The Morgan fingerprint density at radius 1 is 0.967 bits per heavy atom. The first kappa shape index (κ1) is 18.1. The number of aromatic nitrogens is 1. The number of nitrogens with zero attached hydrogens (tertiary/aromatic N) is 1. The Hall–Kier alpha value is -2.68. The van der Waals surface area contributed by atoms with E-state index in [2.05, 4.69) is 35.8 Å². The van der Waals surface area contributed by atoms with Crippen LogP contribution in [-0.2, 0) is 19.9 Å². The molecule has 0 N–H and O–H groups in total. The van der Waals surface area contributed by atoms with E-state index in [-0.39, 0.29) is 20.3 Å². The average molecular weight is 461 g/mol. The molecular weight excluding hydrogens is 440 g/mol. The Bertz CT molecular complexity index is 1440. The first-order valence-corrected chi connectivity index (χ1v) is 12.0. The normalized spacial score (nSPS) is 13.4. The molecule has 0 atom stereocenters. The van der Waals surface area contributed by atoms with Crippen LogP contribution in [0, 0.1) is 12.7 Å². The fraction of sp³-hybridized carbons (Fsp3) is 0.192. The van der Waals surface area contributed by atoms with Gasteiger partial charge in [0.1, 0.15) is 0 Å². The standard InChI is InChI=1S/C26H21FNOSe/c1-15-9-10-17-18-11-12-19(27)24(22-14-16-6-5-8-21(16)30-22)26(18)29-25(17)23(15)20-7-3-4-13-28(20)2/h3-4,7,9-14H,5-6,8H2,1-2H3/q+1. The van der Waals surface area contributed by atoms with Gasteiger partial charge in [0.25, 0.3) is 0 Å². The number of aryl methyl sites for hydroxylation is 4. The predicted molar refractivity (Wildman–Crippen MR) is 119 cm³/mol. The Morgan fingerprint density at radius 2 is 1.77 bits per heavy atom. The second-order valence-corrected chi connectivity index (χ2v) is 10.5. The number of rotatable bonds is 2. The molecule has 0 unspecified atom stereocenters. The molecule has 1 aliphatic rings. The van der Waals surface area contributed by atoms with Gasteiger partial charge in [0.2, 0.25) is 0 Å². The molecule has 6 rings (SSSR count). The van der Waals surface area contributed by atoms with E-state index in [4.69, 9.17) is 4.42 Å². The molecule has 5 aromatic rings. The van der Waals surface area contributed by atoms with Gasteiger partial charge in [-0.3, -0.25) is 0 Å². The molecule has 2 nitrogen and oxygen atoms in total. The SMILES string of the molecule is Cc1ccc2c(oc3c(-c4cc5c([se]4)CCC5)c(F)ccc32)c1-c1cccc[n+]1C. The van der Waals surface area contributed by atoms with Crippen molar-refractivity contribution in [3.8, 4) is 21.3 Å². The first-order chi connectivity index (χ1) is 14.6. The van der Waals surface area contributed by atoms with E-state index < -0.39 is 0 Å². The van der Waals surface area contributed by atoms with Crippen LogP contribution in [0.25, 0.3) is 43.2 Å². The molecule has 0 saturated carbocycles. The molecule has 148 valence electrons. The number of pyridine rings is 1. The van der Waals surface area contributed by atoms with Gasteiger partial charge in [-0.1, -0.05) is 0 Å². The summed E-state index contributed by atoms with van der Waals surface area (Å²) in [6.07, 6.45) is 5.58. The fourth-order valence-corrected chi connectivity index (χ4v) is 7.48. The van der Waals surface area contributed by atoms with Gasteiger partial charge in [-0.25, -0.2) is 0 Å². The average Bonchev–Trinajstić information content (AvgIpc) is 3.41. The molecule has 2 aromatic carbocycles. The van der Waals surface area contributed by atoms with Crippen LogP contribution in [0.2, 0.25) is 0 Å². The van der Waals surface area contributed by atoms with Crippen LogP contribution in [0.3, 0.4) is 0 Å². The summed E-state index contributed by atoms with van der Waals surface area (Å²) in [4.78, 5) is 0. The predicted octanol–water partition coefficient (Wildman–Crippen LogP) is 5.74. The zero-order valence-corrected chi connectivity index (χ0v) is 18.7. The molecule has 3 heterocycles. The molecular formula is C26H21FNOSe+. The van der Waals surface area contributed by atoms with E-state index >= 15 is 4.39 Å². The quantitative estimate of drug-likeness (QED) is 0.242.